The Balaban J connectivity index is 1.41. The van der Waals surface area contributed by atoms with E-state index in [-0.39, 0.29) is 12.5 Å². The predicted octanol–water partition coefficient (Wildman–Crippen LogP) is 7.12. The minimum atomic E-state index is -0.290. The van der Waals surface area contributed by atoms with E-state index in [2.05, 4.69) is 58.3 Å². The maximum atomic E-state index is 12.5. The molecule has 9 heteroatoms. The maximum Gasteiger partial charge on any atom is 0.271 e. The molecule has 0 radical (unpaired) electrons. The summed E-state index contributed by atoms with van der Waals surface area (Å²) in [6.45, 7) is 0.282. The van der Waals surface area contributed by atoms with Crippen LogP contribution in [-0.4, -0.2) is 23.8 Å². The quantitative estimate of drug-likeness (QED) is 0.162. The van der Waals surface area contributed by atoms with Gasteiger partial charge in [0.15, 0.2) is 0 Å². The minimum absolute atomic E-state index is 0.282. The van der Waals surface area contributed by atoms with Crippen LogP contribution < -0.4 is 14.9 Å². The Hall–Kier alpha value is -2.88. The van der Waals surface area contributed by atoms with E-state index >= 15 is 0 Å². The van der Waals surface area contributed by atoms with Gasteiger partial charge in [0.2, 0.25) is 0 Å². The number of benzene rings is 3. The van der Waals surface area contributed by atoms with Crippen molar-refractivity contribution in [3.63, 3.8) is 0 Å². The molecule has 1 heterocycles. The van der Waals surface area contributed by atoms with Crippen LogP contribution in [0.25, 0.3) is 5.69 Å². The van der Waals surface area contributed by atoms with Crippen molar-refractivity contribution in [2.45, 2.75) is 6.61 Å². The van der Waals surface area contributed by atoms with Crippen LogP contribution in [0.4, 0.5) is 0 Å². The Kier molecular flexibility index (Phi) is 8.43. The summed E-state index contributed by atoms with van der Waals surface area (Å²) in [5, 5.41) is 4.11. The van der Waals surface area contributed by atoms with Crippen LogP contribution in [0.3, 0.4) is 0 Å². The van der Waals surface area contributed by atoms with Crippen LogP contribution in [0.5, 0.6) is 11.5 Å². The number of ether oxygens (including phenoxy) is 2. The highest BCUT2D eigenvalue weighted by atomic mass is 79.9. The highest BCUT2D eigenvalue weighted by Gasteiger charge is 2.11. The minimum Gasteiger partial charge on any atom is -0.496 e. The molecule has 0 saturated heterocycles. The number of hydrogen-bond donors (Lipinski definition) is 1. The summed E-state index contributed by atoms with van der Waals surface area (Å²) in [6, 6.07) is 20.6. The molecule has 1 N–H and O–H groups in total. The summed E-state index contributed by atoms with van der Waals surface area (Å²) >= 11 is 10.5. The Bertz CT molecular complexity index is 1330. The number of methoxy groups -OCH3 is 1. The van der Waals surface area contributed by atoms with E-state index in [1.54, 1.807) is 25.5 Å². The lowest BCUT2D eigenvalue weighted by Gasteiger charge is -2.13. The SMILES string of the molecule is COc1ccc(C=NNC(=O)c2ccc(-n3cccc3)cc2)cc1COc1c(Br)cc(Br)cc1Br. The molecule has 4 rings (SSSR count). The third-order valence-electron chi connectivity index (χ3n) is 5.05. The van der Waals surface area contributed by atoms with E-state index in [0.717, 1.165) is 30.2 Å². The highest BCUT2D eigenvalue weighted by Crippen LogP contribution is 2.37. The summed E-state index contributed by atoms with van der Waals surface area (Å²) < 4.78 is 16.0. The van der Waals surface area contributed by atoms with Crippen molar-refractivity contribution in [1.29, 1.82) is 0 Å². The van der Waals surface area contributed by atoms with Crippen molar-refractivity contribution in [1.82, 2.24) is 9.99 Å². The molecule has 0 aliphatic carbocycles. The molecule has 0 bridgehead atoms. The first-order chi connectivity index (χ1) is 16.9. The van der Waals surface area contributed by atoms with E-state index in [1.807, 2.05) is 71.6 Å². The van der Waals surface area contributed by atoms with E-state index < -0.39 is 0 Å². The Morgan fingerprint density at radius 1 is 1.00 bits per heavy atom. The van der Waals surface area contributed by atoms with Gasteiger partial charge in [0.25, 0.3) is 5.91 Å². The summed E-state index contributed by atoms with van der Waals surface area (Å²) in [6.07, 6.45) is 5.48. The zero-order valence-electron chi connectivity index (χ0n) is 18.5. The summed E-state index contributed by atoms with van der Waals surface area (Å²) in [4.78, 5) is 12.5. The van der Waals surface area contributed by atoms with Gasteiger partial charge in [0.05, 0.1) is 22.3 Å². The fourth-order valence-corrected chi connectivity index (χ4v) is 5.82. The molecule has 0 aliphatic rings. The van der Waals surface area contributed by atoms with Gasteiger partial charge in [-0.05, 0) is 104 Å². The topological polar surface area (TPSA) is 64.8 Å². The molecule has 178 valence electrons. The third kappa shape index (κ3) is 6.42. The largest absolute Gasteiger partial charge is 0.496 e. The van der Waals surface area contributed by atoms with Crippen molar-refractivity contribution < 1.29 is 14.3 Å². The molecule has 0 saturated carbocycles. The van der Waals surface area contributed by atoms with Gasteiger partial charge in [-0.1, -0.05) is 15.9 Å². The van der Waals surface area contributed by atoms with E-state index in [0.29, 0.717) is 17.1 Å². The predicted molar refractivity (Wildman–Crippen MR) is 148 cm³/mol. The van der Waals surface area contributed by atoms with Gasteiger partial charge in [0, 0.05) is 33.7 Å². The first-order valence-electron chi connectivity index (χ1n) is 10.5. The number of amides is 1. The van der Waals surface area contributed by atoms with Gasteiger partial charge in [-0.25, -0.2) is 5.43 Å². The molecule has 0 atom stereocenters. The Morgan fingerprint density at radius 3 is 2.34 bits per heavy atom. The van der Waals surface area contributed by atoms with Crippen LogP contribution >= 0.6 is 47.8 Å². The number of hydrogen-bond acceptors (Lipinski definition) is 4. The number of carbonyl (C=O) groups is 1. The zero-order valence-corrected chi connectivity index (χ0v) is 23.3. The number of hydrazone groups is 1. The fourth-order valence-electron chi connectivity index (χ4n) is 3.33. The molecule has 0 spiro atoms. The first-order valence-corrected chi connectivity index (χ1v) is 12.8. The fraction of sp³-hybridized carbons (Fsp3) is 0.0769. The van der Waals surface area contributed by atoms with E-state index in [1.165, 1.54) is 0 Å². The normalized spacial score (nSPS) is 11.0. The van der Waals surface area contributed by atoms with E-state index in [4.69, 9.17) is 9.47 Å². The number of halogens is 3. The van der Waals surface area contributed by atoms with Crippen LogP contribution in [0.15, 0.2) is 97.6 Å². The van der Waals surface area contributed by atoms with Crippen molar-refractivity contribution in [3.8, 4) is 17.2 Å². The maximum absolute atomic E-state index is 12.5. The van der Waals surface area contributed by atoms with Gasteiger partial charge in [-0.3, -0.25) is 4.79 Å². The summed E-state index contributed by atoms with van der Waals surface area (Å²) in [5.74, 6) is 1.09. The van der Waals surface area contributed by atoms with Gasteiger partial charge >= 0.3 is 0 Å². The number of carbonyl (C=O) groups excluding carboxylic acids is 1. The van der Waals surface area contributed by atoms with Crippen molar-refractivity contribution in [2.24, 2.45) is 5.10 Å². The zero-order chi connectivity index (χ0) is 24.8. The van der Waals surface area contributed by atoms with Crippen LogP contribution in [-0.2, 0) is 6.61 Å². The third-order valence-corrected chi connectivity index (χ3v) is 6.69. The molecule has 4 aromatic rings. The first kappa shape index (κ1) is 25.2. The lowest BCUT2D eigenvalue weighted by atomic mass is 10.1. The van der Waals surface area contributed by atoms with Crippen molar-refractivity contribution in [3.05, 3.63) is 109 Å². The summed E-state index contributed by atoms with van der Waals surface area (Å²) in [7, 11) is 1.61. The molecular formula is C26H20Br3N3O3. The van der Waals surface area contributed by atoms with Gasteiger partial charge < -0.3 is 14.0 Å². The van der Waals surface area contributed by atoms with Crippen LogP contribution in [0.2, 0.25) is 0 Å². The van der Waals surface area contributed by atoms with Gasteiger partial charge in [0.1, 0.15) is 18.1 Å². The molecule has 0 unspecified atom stereocenters. The number of aromatic nitrogens is 1. The smallest absolute Gasteiger partial charge is 0.271 e. The van der Waals surface area contributed by atoms with Crippen LogP contribution in [0, 0.1) is 0 Å². The summed E-state index contributed by atoms with van der Waals surface area (Å²) in [5.41, 5.74) is 5.70. The molecule has 1 amide bonds. The lowest BCUT2D eigenvalue weighted by Crippen LogP contribution is -2.17. The second-order valence-corrected chi connectivity index (χ2v) is 10.0. The van der Waals surface area contributed by atoms with Crippen molar-refractivity contribution in [2.75, 3.05) is 7.11 Å². The highest BCUT2D eigenvalue weighted by molar-refractivity contribution is 9.11. The molecule has 3 aromatic carbocycles. The standard InChI is InChI=1S/C26H20Br3N3O3/c1-34-24-9-4-17(12-19(24)16-35-25-22(28)13-20(27)14-23(25)29)15-30-31-26(33)18-5-7-21(8-6-18)32-10-2-3-11-32/h2-15H,16H2,1H3,(H,31,33). The van der Waals surface area contributed by atoms with Crippen molar-refractivity contribution >= 4 is 59.9 Å². The second-order valence-electron chi connectivity index (χ2n) is 7.39. The molecule has 6 nitrogen and oxygen atoms in total. The average molecular weight is 662 g/mol. The monoisotopic (exact) mass is 659 g/mol. The number of rotatable bonds is 8. The molecule has 1 aromatic heterocycles. The molecule has 0 aliphatic heterocycles. The average Bonchev–Trinajstić information content (AvgIpc) is 3.39. The van der Waals surface area contributed by atoms with Gasteiger partial charge in [-0.2, -0.15) is 5.10 Å². The number of nitrogens with zero attached hydrogens (tertiary/aromatic N) is 2. The Morgan fingerprint density at radius 2 is 1.69 bits per heavy atom. The number of nitrogens with one attached hydrogen (secondary N) is 1. The van der Waals surface area contributed by atoms with E-state index in [9.17, 15) is 4.79 Å². The Labute approximate surface area is 228 Å². The van der Waals surface area contributed by atoms with Crippen LogP contribution in [0.1, 0.15) is 21.5 Å². The van der Waals surface area contributed by atoms with Gasteiger partial charge in [-0.15, -0.1) is 0 Å². The second kappa shape index (κ2) is 11.7. The molecule has 0 fully saturated rings. The molecular weight excluding hydrogens is 642 g/mol. The lowest BCUT2D eigenvalue weighted by molar-refractivity contribution is 0.0955. The molecule has 35 heavy (non-hydrogen) atoms.